The number of aromatic nitrogens is 1. The fourth-order valence-corrected chi connectivity index (χ4v) is 1.87. The van der Waals surface area contributed by atoms with Crippen LogP contribution in [0.4, 0.5) is 0 Å². The summed E-state index contributed by atoms with van der Waals surface area (Å²) in [6.07, 6.45) is 2.35. The lowest BCUT2D eigenvalue weighted by Crippen LogP contribution is -1.90. The number of fused-ring (bicyclic) bond motifs is 1. The Labute approximate surface area is 87.8 Å². The molecule has 2 aromatic rings. The number of carbonyl (C=O) groups excluding carboxylic acids is 1. The highest BCUT2D eigenvalue weighted by Crippen LogP contribution is 2.21. The number of H-pyrrole nitrogens is 1. The maximum Gasteiger partial charge on any atom is 0.234 e. The van der Waals surface area contributed by atoms with E-state index in [2.05, 4.69) is 22.1 Å². The third-order valence-corrected chi connectivity index (χ3v) is 2.57. The lowest BCUT2D eigenvalue weighted by molar-refractivity contribution is 0.563. The number of rotatable bonds is 3. The molecule has 1 N–H and O–H groups in total. The van der Waals surface area contributed by atoms with Crippen molar-refractivity contribution in [3.63, 3.8) is 0 Å². The molecule has 0 saturated carbocycles. The summed E-state index contributed by atoms with van der Waals surface area (Å²) in [7, 11) is 0. The van der Waals surface area contributed by atoms with Gasteiger partial charge in [0.1, 0.15) is 0 Å². The van der Waals surface area contributed by atoms with Crippen LogP contribution in [0, 0.1) is 6.92 Å². The van der Waals surface area contributed by atoms with Crippen LogP contribution in [0.2, 0.25) is 0 Å². The van der Waals surface area contributed by atoms with Crippen LogP contribution in [0.5, 0.6) is 0 Å². The smallest absolute Gasteiger partial charge is 0.234 e. The first-order valence-corrected chi connectivity index (χ1v) is 4.92. The highest BCUT2D eigenvalue weighted by atomic mass is 16.1. The van der Waals surface area contributed by atoms with Gasteiger partial charge in [-0.1, -0.05) is 18.2 Å². The number of nitrogens with one attached hydrogen (secondary N) is 1. The largest absolute Gasteiger partial charge is 0.358 e. The second kappa shape index (κ2) is 4.11. The molecule has 3 nitrogen and oxygen atoms in total. The number of aromatic amines is 1. The van der Waals surface area contributed by atoms with Gasteiger partial charge in [0.15, 0.2) is 0 Å². The van der Waals surface area contributed by atoms with Crippen LogP contribution in [0.15, 0.2) is 29.3 Å². The van der Waals surface area contributed by atoms with Crippen LogP contribution in [0.25, 0.3) is 10.9 Å². The second-order valence-electron chi connectivity index (χ2n) is 3.50. The summed E-state index contributed by atoms with van der Waals surface area (Å²) in [5, 5.41) is 1.22. The van der Waals surface area contributed by atoms with E-state index in [9.17, 15) is 4.79 Å². The summed E-state index contributed by atoms with van der Waals surface area (Å²) in [6, 6.07) is 8.15. The number of aryl methyl sites for hydroxylation is 1. The Kier molecular flexibility index (Phi) is 2.66. The van der Waals surface area contributed by atoms with Gasteiger partial charge >= 0.3 is 0 Å². The Morgan fingerprint density at radius 1 is 1.40 bits per heavy atom. The Balaban J connectivity index is 2.40. The van der Waals surface area contributed by atoms with E-state index in [1.54, 1.807) is 6.08 Å². The summed E-state index contributed by atoms with van der Waals surface area (Å²) in [6.45, 7) is 2.55. The summed E-state index contributed by atoms with van der Waals surface area (Å²) in [4.78, 5) is 16.9. The van der Waals surface area contributed by atoms with Crippen molar-refractivity contribution in [1.82, 2.24) is 4.98 Å². The molecular weight excluding hydrogens is 188 g/mol. The van der Waals surface area contributed by atoms with Gasteiger partial charge < -0.3 is 4.98 Å². The summed E-state index contributed by atoms with van der Waals surface area (Å²) < 4.78 is 0. The van der Waals surface area contributed by atoms with Crippen LogP contribution < -0.4 is 0 Å². The molecule has 0 aliphatic rings. The zero-order valence-corrected chi connectivity index (χ0v) is 8.58. The van der Waals surface area contributed by atoms with Gasteiger partial charge in [-0.3, -0.25) is 0 Å². The first-order chi connectivity index (χ1) is 7.33. The minimum absolute atomic E-state index is 0.506. The lowest BCUT2D eigenvalue weighted by atomic mass is 10.1. The predicted octanol–water partition coefficient (Wildman–Crippen LogP) is 2.35. The van der Waals surface area contributed by atoms with Gasteiger partial charge in [-0.15, -0.1) is 0 Å². The Hall–Kier alpha value is -1.86. The van der Waals surface area contributed by atoms with Crippen LogP contribution in [-0.4, -0.2) is 17.6 Å². The molecule has 0 fully saturated rings. The second-order valence-corrected chi connectivity index (χ2v) is 3.50. The first kappa shape index (κ1) is 9.69. The van der Waals surface area contributed by atoms with Gasteiger partial charge in [-0.2, -0.15) is 0 Å². The Bertz CT molecular complexity index is 521. The molecule has 0 unspecified atom stereocenters. The molecule has 0 saturated heterocycles. The molecule has 0 aliphatic carbocycles. The lowest BCUT2D eigenvalue weighted by Gasteiger charge is -1.96. The predicted molar refractivity (Wildman–Crippen MR) is 59.7 cm³/mol. The molecule has 1 heterocycles. The molecule has 1 aromatic heterocycles. The highest BCUT2D eigenvalue weighted by molar-refractivity contribution is 5.84. The molecule has 0 radical (unpaired) electrons. The molecule has 0 amide bonds. The van der Waals surface area contributed by atoms with E-state index in [0.717, 1.165) is 17.6 Å². The van der Waals surface area contributed by atoms with Crippen molar-refractivity contribution in [2.75, 3.05) is 6.54 Å². The van der Waals surface area contributed by atoms with Crippen molar-refractivity contribution in [3.05, 3.63) is 35.5 Å². The average Bonchev–Trinajstić information content (AvgIpc) is 2.56. The average molecular weight is 200 g/mol. The fraction of sp³-hybridized carbons (Fsp3) is 0.250. The van der Waals surface area contributed by atoms with Gasteiger partial charge in [-0.05, 0) is 25.0 Å². The number of isocyanates is 1. The van der Waals surface area contributed by atoms with E-state index in [0.29, 0.717) is 6.54 Å². The minimum Gasteiger partial charge on any atom is -0.358 e. The quantitative estimate of drug-likeness (QED) is 0.600. The van der Waals surface area contributed by atoms with Crippen molar-refractivity contribution in [2.45, 2.75) is 13.3 Å². The maximum absolute atomic E-state index is 9.98. The van der Waals surface area contributed by atoms with E-state index in [-0.39, 0.29) is 0 Å². The van der Waals surface area contributed by atoms with Gasteiger partial charge in [0.25, 0.3) is 0 Å². The zero-order chi connectivity index (χ0) is 10.7. The van der Waals surface area contributed by atoms with Crippen LogP contribution in [-0.2, 0) is 11.2 Å². The third-order valence-electron chi connectivity index (χ3n) is 2.57. The molecule has 15 heavy (non-hydrogen) atoms. The number of benzene rings is 1. The highest BCUT2D eigenvalue weighted by Gasteiger charge is 2.06. The minimum atomic E-state index is 0.506. The molecular formula is C12H12N2O. The first-order valence-electron chi connectivity index (χ1n) is 4.92. The molecule has 0 atom stereocenters. The number of hydrogen-bond acceptors (Lipinski definition) is 2. The molecule has 1 aromatic carbocycles. The zero-order valence-electron chi connectivity index (χ0n) is 8.58. The van der Waals surface area contributed by atoms with Gasteiger partial charge in [0, 0.05) is 16.6 Å². The van der Waals surface area contributed by atoms with Crippen LogP contribution >= 0.6 is 0 Å². The number of hydrogen-bond donors (Lipinski definition) is 1. The topological polar surface area (TPSA) is 45.2 Å². The van der Waals surface area contributed by atoms with Gasteiger partial charge in [0.2, 0.25) is 6.08 Å². The SMILES string of the molecule is Cc1[nH]c2ccccc2c1CCN=C=O. The molecule has 2 rings (SSSR count). The summed E-state index contributed by atoms with van der Waals surface area (Å²) in [5.41, 5.74) is 3.53. The van der Waals surface area contributed by atoms with Gasteiger partial charge in [-0.25, -0.2) is 9.79 Å². The van der Waals surface area contributed by atoms with Crippen LogP contribution in [0.1, 0.15) is 11.3 Å². The molecule has 0 aliphatic heterocycles. The number of aliphatic imine (C=N–C) groups is 1. The monoisotopic (exact) mass is 200 g/mol. The van der Waals surface area contributed by atoms with Crippen molar-refractivity contribution in [2.24, 2.45) is 4.99 Å². The third kappa shape index (κ3) is 1.83. The molecule has 76 valence electrons. The maximum atomic E-state index is 9.98. The van der Waals surface area contributed by atoms with E-state index in [4.69, 9.17) is 0 Å². The van der Waals surface area contributed by atoms with Gasteiger partial charge in [0.05, 0.1) is 6.54 Å². The summed E-state index contributed by atoms with van der Waals surface area (Å²) in [5.74, 6) is 0. The van der Waals surface area contributed by atoms with E-state index < -0.39 is 0 Å². The van der Waals surface area contributed by atoms with Crippen molar-refractivity contribution >= 4 is 17.0 Å². The number of nitrogens with zero attached hydrogens (tertiary/aromatic N) is 1. The standard InChI is InChI=1S/C12H12N2O/c1-9-10(6-7-13-8-15)11-4-2-3-5-12(11)14-9/h2-5,14H,6-7H2,1H3. The van der Waals surface area contributed by atoms with Crippen LogP contribution in [0.3, 0.4) is 0 Å². The summed E-state index contributed by atoms with van der Waals surface area (Å²) >= 11 is 0. The van der Waals surface area contributed by atoms with E-state index in [1.165, 1.54) is 10.9 Å². The fourth-order valence-electron chi connectivity index (χ4n) is 1.87. The van der Waals surface area contributed by atoms with Crippen molar-refractivity contribution in [1.29, 1.82) is 0 Å². The van der Waals surface area contributed by atoms with Crippen molar-refractivity contribution in [3.8, 4) is 0 Å². The van der Waals surface area contributed by atoms with E-state index in [1.807, 2.05) is 19.1 Å². The van der Waals surface area contributed by atoms with E-state index >= 15 is 0 Å². The van der Waals surface area contributed by atoms with Crippen molar-refractivity contribution < 1.29 is 4.79 Å². The number of para-hydroxylation sites is 1. The Morgan fingerprint density at radius 2 is 2.20 bits per heavy atom. The molecule has 0 spiro atoms. The molecule has 0 bridgehead atoms. The normalized spacial score (nSPS) is 10.2. The Morgan fingerprint density at radius 3 is 3.00 bits per heavy atom. The molecule has 3 heteroatoms.